The van der Waals surface area contributed by atoms with Crippen LogP contribution in [0.3, 0.4) is 0 Å². The van der Waals surface area contributed by atoms with Crippen LogP contribution in [0.15, 0.2) is 30.3 Å². The van der Waals surface area contributed by atoms with Crippen molar-refractivity contribution in [2.24, 2.45) is 5.73 Å². The van der Waals surface area contributed by atoms with Crippen molar-refractivity contribution in [3.63, 3.8) is 0 Å². The van der Waals surface area contributed by atoms with Gasteiger partial charge in [0.2, 0.25) is 0 Å². The van der Waals surface area contributed by atoms with Crippen LogP contribution in [-0.2, 0) is 15.0 Å². The van der Waals surface area contributed by atoms with Crippen LogP contribution in [0.5, 0.6) is 11.5 Å². The second-order valence-corrected chi connectivity index (χ2v) is 6.57. The summed E-state index contributed by atoms with van der Waals surface area (Å²) < 4.78 is 10.9. The first kappa shape index (κ1) is 21.9. The summed E-state index contributed by atoms with van der Waals surface area (Å²) >= 11 is 0. The van der Waals surface area contributed by atoms with Crippen LogP contribution in [0.1, 0.15) is 46.1 Å². The van der Waals surface area contributed by atoms with E-state index < -0.39 is 0 Å². The normalized spacial score (nSPS) is 11.0. The molecular formula is C20H26ClNO4. The maximum absolute atomic E-state index is 11.9. The van der Waals surface area contributed by atoms with Crippen molar-refractivity contribution < 1.29 is 19.1 Å². The van der Waals surface area contributed by atoms with E-state index in [0.717, 1.165) is 16.3 Å². The highest BCUT2D eigenvalue weighted by Gasteiger charge is 2.24. The van der Waals surface area contributed by atoms with Gasteiger partial charge in [-0.05, 0) is 17.0 Å². The van der Waals surface area contributed by atoms with Crippen LogP contribution in [0.2, 0.25) is 0 Å². The summed E-state index contributed by atoms with van der Waals surface area (Å²) in [6.45, 7) is 7.98. The van der Waals surface area contributed by atoms with Gasteiger partial charge in [0.25, 0.3) is 0 Å². The van der Waals surface area contributed by atoms with E-state index in [1.807, 2.05) is 32.0 Å². The molecule has 0 saturated heterocycles. The zero-order chi connectivity index (χ0) is 18.6. The molecule has 0 atom stereocenters. The second-order valence-electron chi connectivity index (χ2n) is 6.57. The van der Waals surface area contributed by atoms with E-state index in [9.17, 15) is 9.59 Å². The molecule has 2 aromatic carbocycles. The van der Waals surface area contributed by atoms with Gasteiger partial charge < -0.3 is 15.2 Å². The molecule has 6 heteroatoms. The molecule has 2 rings (SSSR count). The number of carbonyl (C=O) groups is 2. The van der Waals surface area contributed by atoms with Crippen LogP contribution in [0.25, 0.3) is 10.8 Å². The van der Waals surface area contributed by atoms with Crippen LogP contribution >= 0.6 is 12.4 Å². The van der Waals surface area contributed by atoms with E-state index in [2.05, 4.69) is 0 Å². The lowest BCUT2D eigenvalue weighted by atomic mass is 9.81. The summed E-state index contributed by atoms with van der Waals surface area (Å²) in [5.74, 6) is 0.0625. The smallest absolute Gasteiger partial charge is 0.310 e. The topological polar surface area (TPSA) is 78.6 Å². The fourth-order valence-corrected chi connectivity index (χ4v) is 2.57. The molecule has 0 radical (unpaired) electrons. The molecule has 26 heavy (non-hydrogen) atoms. The van der Waals surface area contributed by atoms with Crippen molar-refractivity contribution in [1.29, 1.82) is 0 Å². The summed E-state index contributed by atoms with van der Waals surface area (Å²) in [6, 6.07) is 9.18. The van der Waals surface area contributed by atoms with Gasteiger partial charge in [0.15, 0.2) is 0 Å². The molecule has 0 heterocycles. The molecule has 0 aliphatic heterocycles. The van der Waals surface area contributed by atoms with Gasteiger partial charge in [0.1, 0.15) is 11.5 Å². The van der Waals surface area contributed by atoms with Crippen LogP contribution < -0.4 is 15.2 Å². The first-order chi connectivity index (χ1) is 11.8. The van der Waals surface area contributed by atoms with Gasteiger partial charge in [-0.25, -0.2) is 0 Å². The second kappa shape index (κ2) is 9.01. The lowest BCUT2D eigenvalue weighted by molar-refractivity contribution is -0.134. The summed E-state index contributed by atoms with van der Waals surface area (Å²) in [7, 11) is 0. The summed E-state index contributed by atoms with van der Waals surface area (Å²) in [5, 5.41) is 1.65. The van der Waals surface area contributed by atoms with Crippen molar-refractivity contribution in [3.05, 3.63) is 35.9 Å². The summed E-state index contributed by atoms with van der Waals surface area (Å²) in [4.78, 5) is 23.5. The van der Waals surface area contributed by atoms with Gasteiger partial charge >= 0.3 is 11.9 Å². The van der Waals surface area contributed by atoms with Gasteiger partial charge in [-0.2, -0.15) is 0 Å². The van der Waals surface area contributed by atoms with Gasteiger partial charge in [0, 0.05) is 36.3 Å². The van der Waals surface area contributed by atoms with E-state index in [-0.39, 0.29) is 42.6 Å². The number of rotatable bonds is 6. The highest BCUT2D eigenvalue weighted by Crippen LogP contribution is 2.38. The molecular weight excluding hydrogens is 354 g/mol. The fourth-order valence-electron chi connectivity index (χ4n) is 2.57. The number of carbonyl (C=O) groups excluding carboxylic acids is 2. The molecule has 142 valence electrons. The maximum Gasteiger partial charge on any atom is 0.310 e. The molecule has 0 bridgehead atoms. The van der Waals surface area contributed by atoms with E-state index in [1.54, 1.807) is 26.0 Å². The Morgan fingerprint density at radius 2 is 1.65 bits per heavy atom. The van der Waals surface area contributed by atoms with E-state index >= 15 is 0 Å². The molecule has 0 saturated carbocycles. The Kier molecular flexibility index (Phi) is 7.60. The lowest BCUT2D eigenvalue weighted by Crippen LogP contribution is -2.28. The first-order valence-corrected chi connectivity index (χ1v) is 8.51. The van der Waals surface area contributed by atoms with Gasteiger partial charge in [-0.1, -0.05) is 45.9 Å². The Balaban J connectivity index is 0.00000338. The van der Waals surface area contributed by atoms with Crippen LogP contribution in [0.4, 0.5) is 0 Å². The molecule has 0 aliphatic rings. The molecule has 0 aromatic heterocycles. The number of benzene rings is 2. The van der Waals surface area contributed by atoms with Crippen LogP contribution in [0, 0.1) is 0 Å². The Labute approximate surface area is 160 Å². The molecule has 5 nitrogen and oxygen atoms in total. The maximum atomic E-state index is 11.9. The predicted octanol–water partition coefficient (Wildman–Crippen LogP) is 4.13. The number of hydrogen-bond donors (Lipinski definition) is 1. The molecule has 0 amide bonds. The van der Waals surface area contributed by atoms with Crippen molar-refractivity contribution in [3.8, 4) is 11.5 Å². The molecule has 0 unspecified atom stereocenters. The number of fused-ring (bicyclic) bond motifs is 1. The highest BCUT2D eigenvalue weighted by molar-refractivity contribution is 5.95. The third-order valence-corrected chi connectivity index (χ3v) is 4.19. The lowest BCUT2D eigenvalue weighted by Gasteiger charge is -2.26. The Hall–Kier alpha value is -2.11. The molecule has 2 aromatic rings. The minimum atomic E-state index is -0.347. The standard InChI is InChI=1S/C20H25NO4.ClH/c1-5-17(22)24-14-10-13-8-7-9-15(20(3,4)12-21)19(13)16(11-14)25-18(23)6-2;/h7-11H,5-6,12,21H2,1-4H3;1H. The minimum Gasteiger partial charge on any atom is -0.426 e. The monoisotopic (exact) mass is 379 g/mol. The molecule has 0 spiro atoms. The van der Waals surface area contributed by atoms with E-state index in [0.29, 0.717) is 18.0 Å². The van der Waals surface area contributed by atoms with Crippen molar-refractivity contribution in [1.82, 2.24) is 0 Å². The van der Waals surface area contributed by atoms with E-state index in [4.69, 9.17) is 15.2 Å². The first-order valence-electron chi connectivity index (χ1n) is 8.51. The molecule has 0 fully saturated rings. The van der Waals surface area contributed by atoms with Gasteiger partial charge in [-0.3, -0.25) is 9.59 Å². The predicted molar refractivity (Wildman–Crippen MR) is 105 cm³/mol. The molecule has 2 N–H and O–H groups in total. The zero-order valence-electron chi connectivity index (χ0n) is 15.6. The average molecular weight is 380 g/mol. The quantitative estimate of drug-likeness (QED) is 0.603. The zero-order valence-corrected chi connectivity index (χ0v) is 16.4. The largest absolute Gasteiger partial charge is 0.426 e. The van der Waals surface area contributed by atoms with Crippen molar-refractivity contribution in [2.45, 2.75) is 46.0 Å². The number of nitrogens with two attached hydrogens (primary N) is 1. The van der Waals surface area contributed by atoms with E-state index in [1.165, 1.54) is 0 Å². The minimum absolute atomic E-state index is 0. The van der Waals surface area contributed by atoms with Crippen LogP contribution in [-0.4, -0.2) is 18.5 Å². The number of halogens is 1. The van der Waals surface area contributed by atoms with Crippen molar-refractivity contribution in [2.75, 3.05) is 6.54 Å². The fraction of sp³-hybridized carbons (Fsp3) is 0.400. The third kappa shape index (κ3) is 4.74. The number of hydrogen-bond acceptors (Lipinski definition) is 5. The average Bonchev–Trinajstić information content (AvgIpc) is 2.60. The number of esters is 2. The number of ether oxygens (including phenoxy) is 2. The SMILES string of the molecule is CCC(=O)Oc1cc(OC(=O)CC)c2c(C(C)(C)CN)cccc2c1.Cl. The summed E-state index contributed by atoms with van der Waals surface area (Å²) in [6.07, 6.45) is 0.519. The van der Waals surface area contributed by atoms with Crippen molar-refractivity contribution >= 4 is 35.1 Å². The summed E-state index contributed by atoms with van der Waals surface area (Å²) in [5.41, 5.74) is 6.63. The van der Waals surface area contributed by atoms with Gasteiger partial charge in [0.05, 0.1) is 0 Å². The Morgan fingerprint density at radius 1 is 1.04 bits per heavy atom. The Morgan fingerprint density at radius 3 is 2.23 bits per heavy atom. The third-order valence-electron chi connectivity index (χ3n) is 4.19. The Bertz CT molecular complexity index is 802. The van der Waals surface area contributed by atoms with Gasteiger partial charge in [-0.15, -0.1) is 12.4 Å². The molecule has 0 aliphatic carbocycles. The highest BCUT2D eigenvalue weighted by atomic mass is 35.5.